The van der Waals surface area contributed by atoms with Crippen LogP contribution in [-0.2, 0) is 0 Å². The second-order valence-electron chi connectivity index (χ2n) is 3.20. The van der Waals surface area contributed by atoms with Gasteiger partial charge in [0.05, 0.1) is 5.56 Å². The Kier molecular flexibility index (Phi) is 1.96. The molecule has 1 aromatic carbocycles. The predicted octanol–water partition coefficient (Wildman–Crippen LogP) is 1.59. The van der Waals surface area contributed by atoms with Gasteiger partial charge in [0.2, 0.25) is 0 Å². The molecule has 0 saturated carbocycles. The lowest BCUT2D eigenvalue weighted by Gasteiger charge is -2.00. The van der Waals surface area contributed by atoms with Crippen molar-refractivity contribution in [2.24, 2.45) is 0 Å². The summed E-state index contributed by atoms with van der Waals surface area (Å²) in [6.07, 6.45) is 0. The molecule has 2 N–H and O–H groups in total. The maximum Gasteiger partial charge on any atom is 0.165 e. The van der Waals surface area contributed by atoms with Gasteiger partial charge in [0.15, 0.2) is 5.82 Å². The summed E-state index contributed by atoms with van der Waals surface area (Å²) < 4.78 is 0. The second-order valence-corrected chi connectivity index (χ2v) is 3.20. The summed E-state index contributed by atoms with van der Waals surface area (Å²) in [5, 5.41) is 17.3. The number of nitrogens with zero attached hydrogens (tertiary/aromatic N) is 2. The van der Waals surface area contributed by atoms with Crippen molar-refractivity contribution in [1.82, 2.24) is 15.2 Å². The maximum absolute atomic E-state index is 9.64. The number of phenolic OH excluding ortho intramolecular Hbond substituents is 1. The smallest absolute Gasteiger partial charge is 0.165 e. The minimum Gasteiger partial charge on any atom is -0.507 e. The minimum atomic E-state index is 0.168. The topological polar surface area (TPSA) is 61.8 Å². The van der Waals surface area contributed by atoms with Crippen LogP contribution in [-0.4, -0.2) is 20.3 Å². The van der Waals surface area contributed by atoms with Gasteiger partial charge in [-0.3, -0.25) is 0 Å². The van der Waals surface area contributed by atoms with Crippen LogP contribution in [0.3, 0.4) is 0 Å². The number of hydrogen-bond acceptors (Lipinski definition) is 3. The molecule has 0 bridgehead atoms. The Labute approximate surface area is 81.6 Å². The summed E-state index contributed by atoms with van der Waals surface area (Å²) in [5.41, 5.74) is 1.51. The number of H-pyrrole nitrogens is 1. The molecule has 4 heteroatoms. The number of nitrogens with one attached hydrogen (secondary N) is 1. The molecule has 0 amide bonds. The highest BCUT2D eigenvalue weighted by Gasteiger charge is 2.08. The molecule has 1 aromatic heterocycles. The van der Waals surface area contributed by atoms with E-state index in [0.717, 1.165) is 5.56 Å². The Morgan fingerprint density at radius 1 is 1.36 bits per heavy atom. The molecule has 2 aromatic rings. The number of phenols is 1. The van der Waals surface area contributed by atoms with Gasteiger partial charge in [0, 0.05) is 0 Å². The average molecular weight is 188 g/mol. The standard InChI is InChI=1S/C10H10N3O/c1-6-3-4-8(9(14)5-6)10-11-7(2)12-13-10/h3,5,14H,1-2H3,(H,11,12,13). The molecule has 0 fully saturated rings. The first kappa shape index (κ1) is 8.74. The lowest BCUT2D eigenvalue weighted by molar-refractivity contribution is 0.476. The number of aromatic nitrogens is 3. The van der Waals surface area contributed by atoms with E-state index in [2.05, 4.69) is 21.2 Å². The summed E-state index contributed by atoms with van der Waals surface area (Å²) in [6, 6.07) is 6.42. The Bertz CT molecular complexity index is 462. The Morgan fingerprint density at radius 2 is 2.14 bits per heavy atom. The molecule has 0 saturated heterocycles. The van der Waals surface area contributed by atoms with Crippen molar-refractivity contribution in [2.45, 2.75) is 13.8 Å². The summed E-state index contributed by atoms with van der Waals surface area (Å²) in [7, 11) is 0. The Morgan fingerprint density at radius 3 is 2.71 bits per heavy atom. The summed E-state index contributed by atoms with van der Waals surface area (Å²) in [6.45, 7) is 3.70. The number of aromatic hydroxyl groups is 1. The molecule has 4 nitrogen and oxygen atoms in total. The highest BCUT2D eigenvalue weighted by Crippen LogP contribution is 2.26. The molecule has 14 heavy (non-hydrogen) atoms. The van der Waals surface area contributed by atoms with E-state index < -0.39 is 0 Å². The molecule has 0 atom stereocenters. The Hall–Kier alpha value is -1.84. The predicted molar refractivity (Wildman–Crippen MR) is 51.8 cm³/mol. The lowest BCUT2D eigenvalue weighted by atomic mass is 10.1. The van der Waals surface area contributed by atoms with Crippen molar-refractivity contribution < 1.29 is 5.11 Å². The monoisotopic (exact) mass is 188 g/mol. The number of aromatic amines is 1. The SMILES string of the molecule is Cc1c[c]c(-c2nnc(C)[nH]2)c(O)c1. The van der Waals surface area contributed by atoms with E-state index in [-0.39, 0.29) is 5.75 Å². The van der Waals surface area contributed by atoms with Gasteiger partial charge in [-0.25, -0.2) is 0 Å². The van der Waals surface area contributed by atoms with Crippen LogP contribution in [0.2, 0.25) is 0 Å². The van der Waals surface area contributed by atoms with E-state index in [1.807, 2.05) is 13.8 Å². The molecule has 1 radical (unpaired) electrons. The minimum absolute atomic E-state index is 0.168. The Balaban J connectivity index is 2.52. The van der Waals surface area contributed by atoms with Crippen LogP contribution in [0.4, 0.5) is 0 Å². The number of benzene rings is 1. The van der Waals surface area contributed by atoms with Gasteiger partial charge >= 0.3 is 0 Å². The zero-order valence-corrected chi connectivity index (χ0v) is 8.00. The molecule has 1 heterocycles. The van der Waals surface area contributed by atoms with E-state index >= 15 is 0 Å². The van der Waals surface area contributed by atoms with Crippen molar-refractivity contribution in [1.29, 1.82) is 0 Å². The van der Waals surface area contributed by atoms with E-state index in [1.165, 1.54) is 0 Å². The van der Waals surface area contributed by atoms with Gasteiger partial charge in [-0.1, -0.05) is 6.07 Å². The molecule has 0 unspecified atom stereocenters. The molecule has 2 rings (SSSR count). The van der Waals surface area contributed by atoms with Gasteiger partial charge < -0.3 is 10.1 Å². The summed E-state index contributed by atoms with van der Waals surface area (Å²) in [4.78, 5) is 2.94. The lowest BCUT2D eigenvalue weighted by Crippen LogP contribution is -1.83. The van der Waals surface area contributed by atoms with Crippen LogP contribution < -0.4 is 0 Å². The van der Waals surface area contributed by atoms with E-state index in [1.54, 1.807) is 12.1 Å². The van der Waals surface area contributed by atoms with Crippen molar-refractivity contribution in [3.63, 3.8) is 0 Å². The van der Waals surface area contributed by atoms with Gasteiger partial charge in [-0.05, 0) is 31.5 Å². The van der Waals surface area contributed by atoms with Crippen LogP contribution in [0.25, 0.3) is 11.4 Å². The van der Waals surface area contributed by atoms with Crippen LogP contribution >= 0.6 is 0 Å². The van der Waals surface area contributed by atoms with Gasteiger partial charge in [-0.15, -0.1) is 10.2 Å². The van der Waals surface area contributed by atoms with Crippen LogP contribution in [0.1, 0.15) is 11.4 Å². The highest BCUT2D eigenvalue weighted by molar-refractivity contribution is 5.63. The third-order valence-electron chi connectivity index (χ3n) is 1.90. The molecular formula is C10H10N3O. The first-order valence-electron chi connectivity index (χ1n) is 4.28. The largest absolute Gasteiger partial charge is 0.507 e. The van der Waals surface area contributed by atoms with Crippen molar-refractivity contribution in [3.05, 3.63) is 29.6 Å². The second kappa shape index (κ2) is 3.14. The van der Waals surface area contributed by atoms with Crippen LogP contribution in [0, 0.1) is 19.9 Å². The van der Waals surface area contributed by atoms with Gasteiger partial charge in [0.1, 0.15) is 11.6 Å². The first-order valence-corrected chi connectivity index (χ1v) is 4.28. The normalized spacial score (nSPS) is 10.4. The summed E-state index contributed by atoms with van der Waals surface area (Å²) in [5.74, 6) is 1.43. The van der Waals surface area contributed by atoms with Gasteiger partial charge in [0.25, 0.3) is 0 Å². The molecular weight excluding hydrogens is 178 g/mol. The molecule has 0 aliphatic heterocycles. The third kappa shape index (κ3) is 1.46. The molecule has 0 aliphatic carbocycles. The first-order chi connectivity index (χ1) is 6.66. The molecule has 71 valence electrons. The molecule has 0 aliphatic rings. The molecule has 0 spiro atoms. The number of hydrogen-bond donors (Lipinski definition) is 2. The third-order valence-corrected chi connectivity index (χ3v) is 1.90. The van der Waals surface area contributed by atoms with Crippen molar-refractivity contribution >= 4 is 0 Å². The average Bonchev–Trinajstić information content (AvgIpc) is 2.51. The quantitative estimate of drug-likeness (QED) is 0.714. The summed E-state index contributed by atoms with van der Waals surface area (Å²) >= 11 is 0. The van der Waals surface area contributed by atoms with Crippen molar-refractivity contribution in [3.8, 4) is 17.1 Å². The fraction of sp³-hybridized carbons (Fsp3) is 0.200. The van der Waals surface area contributed by atoms with Crippen LogP contribution in [0.15, 0.2) is 12.1 Å². The van der Waals surface area contributed by atoms with Gasteiger partial charge in [-0.2, -0.15) is 0 Å². The zero-order valence-electron chi connectivity index (χ0n) is 8.00. The highest BCUT2D eigenvalue weighted by atomic mass is 16.3. The van der Waals surface area contributed by atoms with Crippen molar-refractivity contribution in [2.75, 3.05) is 0 Å². The number of aryl methyl sites for hydroxylation is 2. The number of rotatable bonds is 1. The fourth-order valence-corrected chi connectivity index (χ4v) is 1.24. The van der Waals surface area contributed by atoms with Crippen LogP contribution in [0.5, 0.6) is 5.75 Å². The maximum atomic E-state index is 9.64. The van der Waals surface area contributed by atoms with E-state index in [4.69, 9.17) is 0 Å². The van der Waals surface area contributed by atoms with E-state index in [9.17, 15) is 5.11 Å². The van der Waals surface area contributed by atoms with E-state index in [0.29, 0.717) is 17.2 Å². The fourth-order valence-electron chi connectivity index (χ4n) is 1.24. The zero-order chi connectivity index (χ0) is 10.1.